The molecule has 0 spiro atoms. The Morgan fingerprint density at radius 2 is 1.72 bits per heavy atom. The van der Waals surface area contributed by atoms with Crippen molar-refractivity contribution in [2.45, 2.75) is 25.7 Å². The summed E-state index contributed by atoms with van der Waals surface area (Å²) < 4.78 is 0. The lowest BCUT2D eigenvalue weighted by Gasteiger charge is -2.13. The average Bonchev–Trinajstić information content (AvgIpc) is 2.46. The predicted octanol–water partition coefficient (Wildman–Crippen LogP) is 3.15. The molecule has 0 unspecified atom stereocenters. The molecule has 0 atom stereocenters. The summed E-state index contributed by atoms with van der Waals surface area (Å²) in [5, 5.41) is 5.78. The highest BCUT2D eigenvalue weighted by atomic mass is 14.1. The summed E-state index contributed by atoms with van der Waals surface area (Å²) in [4.78, 5) is 0. The van der Waals surface area contributed by atoms with Gasteiger partial charge in [0.2, 0.25) is 0 Å². The van der Waals surface area contributed by atoms with Crippen LogP contribution in [-0.2, 0) is 6.42 Å². The summed E-state index contributed by atoms with van der Waals surface area (Å²) in [5.41, 5.74) is 2.89. The van der Waals surface area contributed by atoms with Crippen molar-refractivity contribution >= 4 is 29.0 Å². The van der Waals surface area contributed by atoms with Crippen molar-refractivity contribution in [1.29, 1.82) is 0 Å². The normalized spacial score (nSPS) is 16.7. The lowest BCUT2D eigenvalue weighted by Crippen LogP contribution is -2.18. The fraction of sp³-hybridized carbons (Fsp3) is 0.222. The number of hydrogen-bond donors (Lipinski definition) is 0. The zero-order valence-electron chi connectivity index (χ0n) is 10.4. The van der Waals surface area contributed by atoms with Crippen LogP contribution in [0, 0.1) is 0 Å². The molecule has 0 bridgehead atoms. The number of benzene rings is 2. The van der Waals surface area contributed by atoms with Gasteiger partial charge in [-0.25, -0.2) is 0 Å². The standard InChI is InChI=1S/C18H16/c1-3-7-15-13(5-1)9-11-18-16-8-4-2-6-14(16)10-12-17(15)18/h1,5,7-12H,2-4,6H2. The number of hydrogen-bond acceptors (Lipinski definition) is 0. The molecule has 0 aliphatic heterocycles. The van der Waals surface area contributed by atoms with E-state index in [-0.39, 0.29) is 0 Å². The van der Waals surface area contributed by atoms with Crippen LogP contribution < -0.4 is 10.4 Å². The lowest BCUT2D eigenvalue weighted by atomic mass is 9.92. The molecule has 0 radical (unpaired) electrons. The van der Waals surface area contributed by atoms with Crippen LogP contribution in [-0.4, -0.2) is 0 Å². The molecule has 88 valence electrons. The molecule has 0 nitrogen and oxygen atoms in total. The van der Waals surface area contributed by atoms with E-state index in [9.17, 15) is 0 Å². The molecule has 2 aromatic rings. The third-order valence-electron chi connectivity index (χ3n) is 4.16. The van der Waals surface area contributed by atoms with Crippen LogP contribution in [0.5, 0.6) is 0 Å². The fourth-order valence-electron chi connectivity index (χ4n) is 3.27. The van der Waals surface area contributed by atoms with Crippen molar-refractivity contribution in [2.75, 3.05) is 0 Å². The molecule has 0 saturated heterocycles. The highest BCUT2D eigenvalue weighted by Gasteiger charge is 2.08. The second-order valence-electron chi connectivity index (χ2n) is 5.24. The Hall–Kier alpha value is -1.82. The number of allylic oxidation sites excluding steroid dienone is 1. The van der Waals surface area contributed by atoms with Crippen LogP contribution >= 0.6 is 0 Å². The molecule has 0 fully saturated rings. The predicted molar refractivity (Wildman–Crippen MR) is 78.7 cm³/mol. The highest BCUT2D eigenvalue weighted by molar-refractivity contribution is 5.88. The first-order valence-electron chi connectivity index (χ1n) is 6.85. The molecule has 0 heterocycles. The zero-order chi connectivity index (χ0) is 11.9. The molecule has 2 aliphatic rings. The number of fused-ring (bicyclic) bond motifs is 5. The van der Waals surface area contributed by atoms with Crippen LogP contribution in [0.4, 0.5) is 0 Å². The molecule has 0 saturated carbocycles. The molecule has 2 aromatic carbocycles. The minimum absolute atomic E-state index is 1.06. The average molecular weight is 232 g/mol. The minimum atomic E-state index is 1.06. The largest absolute Gasteiger partial charge is 0.0801 e. The lowest BCUT2D eigenvalue weighted by molar-refractivity contribution is 0.839. The first kappa shape index (κ1) is 10.1. The Morgan fingerprint density at radius 3 is 2.72 bits per heavy atom. The third kappa shape index (κ3) is 1.38. The van der Waals surface area contributed by atoms with Gasteiger partial charge in [-0.1, -0.05) is 48.6 Å². The van der Waals surface area contributed by atoms with E-state index in [0.29, 0.717) is 0 Å². The van der Waals surface area contributed by atoms with E-state index >= 15 is 0 Å². The maximum atomic E-state index is 2.42. The van der Waals surface area contributed by atoms with E-state index in [2.05, 4.69) is 48.6 Å². The van der Waals surface area contributed by atoms with E-state index in [0.717, 1.165) is 6.42 Å². The zero-order valence-corrected chi connectivity index (χ0v) is 10.4. The summed E-state index contributed by atoms with van der Waals surface area (Å²) in [6, 6.07) is 9.23. The van der Waals surface area contributed by atoms with E-state index in [1.807, 2.05) is 0 Å². The van der Waals surface area contributed by atoms with Gasteiger partial charge in [0.15, 0.2) is 0 Å². The first-order chi connectivity index (χ1) is 8.93. The number of aryl methyl sites for hydroxylation is 1. The molecule has 0 N–H and O–H groups in total. The van der Waals surface area contributed by atoms with Gasteiger partial charge < -0.3 is 0 Å². The maximum absolute atomic E-state index is 2.42. The topological polar surface area (TPSA) is 0 Å². The second kappa shape index (κ2) is 3.84. The van der Waals surface area contributed by atoms with Gasteiger partial charge >= 0.3 is 0 Å². The summed E-state index contributed by atoms with van der Waals surface area (Å²) in [7, 11) is 0. The molecular weight excluding hydrogens is 216 g/mol. The van der Waals surface area contributed by atoms with Crippen molar-refractivity contribution in [3.63, 3.8) is 0 Å². The van der Waals surface area contributed by atoms with E-state index < -0.39 is 0 Å². The molecule has 0 heteroatoms. The Balaban J connectivity index is 2.20. The number of rotatable bonds is 0. The molecule has 0 amide bonds. The quantitative estimate of drug-likeness (QED) is 0.654. The molecule has 18 heavy (non-hydrogen) atoms. The molecule has 0 aromatic heterocycles. The summed E-state index contributed by atoms with van der Waals surface area (Å²) in [6.45, 7) is 0. The van der Waals surface area contributed by atoms with Gasteiger partial charge in [-0.2, -0.15) is 0 Å². The van der Waals surface area contributed by atoms with Gasteiger partial charge in [-0.05, 0) is 58.0 Å². The SMILES string of the molecule is C1=Cc2ccc3c4c(ccc3c2=CC1)CCCC=4. The van der Waals surface area contributed by atoms with Crippen LogP contribution in [0.1, 0.15) is 30.4 Å². The van der Waals surface area contributed by atoms with Crippen LogP contribution in [0.3, 0.4) is 0 Å². The smallest absolute Gasteiger partial charge is 0.0102 e. The van der Waals surface area contributed by atoms with Crippen LogP contribution in [0.25, 0.3) is 29.0 Å². The highest BCUT2D eigenvalue weighted by Crippen LogP contribution is 2.16. The van der Waals surface area contributed by atoms with Gasteiger partial charge in [0.1, 0.15) is 0 Å². The van der Waals surface area contributed by atoms with Crippen LogP contribution in [0.15, 0.2) is 30.3 Å². The first-order valence-corrected chi connectivity index (χ1v) is 6.85. The van der Waals surface area contributed by atoms with Crippen molar-refractivity contribution in [3.05, 3.63) is 51.9 Å². The fourth-order valence-corrected chi connectivity index (χ4v) is 3.27. The van der Waals surface area contributed by atoms with Crippen molar-refractivity contribution in [2.24, 2.45) is 0 Å². The monoisotopic (exact) mass is 232 g/mol. The van der Waals surface area contributed by atoms with Crippen molar-refractivity contribution < 1.29 is 0 Å². The van der Waals surface area contributed by atoms with Gasteiger partial charge in [-0.3, -0.25) is 0 Å². The molecule has 2 aliphatic carbocycles. The Bertz CT molecular complexity index is 776. The van der Waals surface area contributed by atoms with Gasteiger partial charge in [-0.15, -0.1) is 0 Å². The molecular formula is C18H16. The third-order valence-corrected chi connectivity index (χ3v) is 4.16. The Kier molecular flexibility index (Phi) is 2.16. The van der Waals surface area contributed by atoms with Crippen molar-refractivity contribution in [3.8, 4) is 0 Å². The van der Waals surface area contributed by atoms with E-state index in [4.69, 9.17) is 0 Å². The Morgan fingerprint density at radius 1 is 0.833 bits per heavy atom. The summed E-state index contributed by atoms with van der Waals surface area (Å²) in [6.07, 6.45) is 14.1. The van der Waals surface area contributed by atoms with E-state index in [1.165, 1.54) is 51.6 Å². The van der Waals surface area contributed by atoms with Crippen molar-refractivity contribution in [1.82, 2.24) is 0 Å². The summed E-state index contributed by atoms with van der Waals surface area (Å²) >= 11 is 0. The maximum Gasteiger partial charge on any atom is -0.0102 e. The Labute approximate surface area is 107 Å². The van der Waals surface area contributed by atoms with Gasteiger partial charge in [0.25, 0.3) is 0 Å². The second-order valence-corrected chi connectivity index (χ2v) is 5.24. The minimum Gasteiger partial charge on any atom is -0.0801 e. The molecule has 4 rings (SSSR count). The van der Waals surface area contributed by atoms with Gasteiger partial charge in [0, 0.05) is 0 Å². The van der Waals surface area contributed by atoms with Gasteiger partial charge in [0.05, 0.1) is 0 Å². The van der Waals surface area contributed by atoms with E-state index in [1.54, 1.807) is 0 Å². The van der Waals surface area contributed by atoms with Crippen LogP contribution in [0.2, 0.25) is 0 Å². The summed E-state index contributed by atoms with van der Waals surface area (Å²) in [5.74, 6) is 0.